The molecule has 78 valence electrons. The molecule has 15 heavy (non-hydrogen) atoms. The molecule has 1 heterocycles. The predicted octanol–water partition coefficient (Wildman–Crippen LogP) is 1.68. The minimum absolute atomic E-state index is 0.252. The van der Waals surface area contributed by atoms with Gasteiger partial charge in [0.25, 0.3) is 6.43 Å². The quantitative estimate of drug-likeness (QED) is 0.699. The number of pyridine rings is 1. The van der Waals surface area contributed by atoms with E-state index in [0.717, 1.165) is 19.5 Å². The number of nitriles is 1. The standard InChI is InChI=1S/C9H6F2N2O2/c1-15-9(14)7-4-13-3-6(8(10)11)5(7)2-12/h3-4,8H,1H3. The Bertz CT molecular complexity index is 427. The third kappa shape index (κ3) is 2.07. The van der Waals surface area contributed by atoms with Gasteiger partial charge in [-0.15, -0.1) is 0 Å². The number of hydrogen-bond donors (Lipinski definition) is 0. The van der Waals surface area contributed by atoms with Gasteiger partial charge < -0.3 is 4.74 Å². The number of alkyl halides is 2. The highest BCUT2D eigenvalue weighted by atomic mass is 19.3. The molecule has 1 aromatic heterocycles. The maximum absolute atomic E-state index is 12.4. The average molecular weight is 212 g/mol. The molecule has 0 aliphatic heterocycles. The maximum Gasteiger partial charge on any atom is 0.340 e. The zero-order chi connectivity index (χ0) is 11.4. The van der Waals surface area contributed by atoms with Gasteiger partial charge in [-0.2, -0.15) is 5.26 Å². The Hall–Kier alpha value is -2.03. The molecule has 0 aliphatic carbocycles. The Morgan fingerprint density at radius 2 is 2.27 bits per heavy atom. The molecule has 0 fully saturated rings. The van der Waals surface area contributed by atoms with E-state index in [1.54, 1.807) is 0 Å². The zero-order valence-corrected chi connectivity index (χ0v) is 7.70. The van der Waals surface area contributed by atoms with E-state index in [0.29, 0.717) is 0 Å². The summed E-state index contributed by atoms with van der Waals surface area (Å²) in [5.41, 5.74) is -1.22. The van der Waals surface area contributed by atoms with Gasteiger partial charge >= 0.3 is 5.97 Å². The van der Waals surface area contributed by atoms with E-state index >= 15 is 0 Å². The maximum atomic E-state index is 12.4. The molecule has 0 bridgehead atoms. The predicted molar refractivity (Wildman–Crippen MR) is 45.2 cm³/mol. The van der Waals surface area contributed by atoms with Crippen LogP contribution in [-0.2, 0) is 4.74 Å². The van der Waals surface area contributed by atoms with E-state index in [1.807, 2.05) is 0 Å². The first-order chi connectivity index (χ1) is 7.11. The van der Waals surface area contributed by atoms with Crippen LogP contribution in [-0.4, -0.2) is 18.1 Å². The zero-order valence-electron chi connectivity index (χ0n) is 7.70. The van der Waals surface area contributed by atoms with Gasteiger partial charge in [0.1, 0.15) is 6.07 Å². The van der Waals surface area contributed by atoms with Crippen LogP contribution in [0.4, 0.5) is 8.78 Å². The highest BCUT2D eigenvalue weighted by Crippen LogP contribution is 2.24. The largest absolute Gasteiger partial charge is 0.465 e. The molecular weight excluding hydrogens is 206 g/mol. The van der Waals surface area contributed by atoms with Gasteiger partial charge in [0.15, 0.2) is 0 Å². The monoisotopic (exact) mass is 212 g/mol. The highest BCUT2D eigenvalue weighted by Gasteiger charge is 2.20. The van der Waals surface area contributed by atoms with E-state index in [9.17, 15) is 13.6 Å². The SMILES string of the molecule is COC(=O)c1cncc(C(F)F)c1C#N. The number of carbonyl (C=O) groups is 1. The second-order valence-electron chi connectivity index (χ2n) is 2.56. The molecule has 1 rings (SSSR count). The minimum atomic E-state index is -2.85. The number of hydrogen-bond acceptors (Lipinski definition) is 4. The van der Waals surface area contributed by atoms with Gasteiger partial charge in [0.05, 0.1) is 23.8 Å². The van der Waals surface area contributed by atoms with Crippen molar-refractivity contribution in [1.29, 1.82) is 5.26 Å². The number of aromatic nitrogens is 1. The summed E-state index contributed by atoms with van der Waals surface area (Å²) in [5.74, 6) is -0.860. The van der Waals surface area contributed by atoms with Crippen molar-refractivity contribution in [2.24, 2.45) is 0 Å². The second kappa shape index (κ2) is 4.46. The summed E-state index contributed by atoms with van der Waals surface area (Å²) in [7, 11) is 1.10. The Labute approximate surface area is 84.1 Å². The van der Waals surface area contributed by atoms with Crippen LogP contribution in [0.25, 0.3) is 0 Å². The van der Waals surface area contributed by atoms with Crippen molar-refractivity contribution in [1.82, 2.24) is 4.98 Å². The molecule has 0 saturated carbocycles. The number of rotatable bonds is 2. The Balaban J connectivity index is 3.36. The average Bonchev–Trinajstić information content (AvgIpc) is 2.26. The van der Waals surface area contributed by atoms with Crippen molar-refractivity contribution in [2.45, 2.75) is 6.43 Å². The smallest absolute Gasteiger partial charge is 0.340 e. The first-order valence-corrected chi connectivity index (χ1v) is 3.86. The lowest BCUT2D eigenvalue weighted by molar-refractivity contribution is 0.0599. The minimum Gasteiger partial charge on any atom is -0.465 e. The normalized spacial score (nSPS) is 9.80. The van der Waals surface area contributed by atoms with Gasteiger partial charge in [-0.25, -0.2) is 13.6 Å². The van der Waals surface area contributed by atoms with Crippen LogP contribution in [0.1, 0.15) is 27.9 Å². The van der Waals surface area contributed by atoms with Crippen molar-refractivity contribution in [2.75, 3.05) is 7.11 Å². The van der Waals surface area contributed by atoms with Crippen molar-refractivity contribution in [3.63, 3.8) is 0 Å². The lowest BCUT2D eigenvalue weighted by Gasteiger charge is -2.05. The summed E-state index contributed by atoms with van der Waals surface area (Å²) < 4.78 is 29.2. The molecule has 4 nitrogen and oxygen atoms in total. The summed E-state index contributed by atoms with van der Waals surface area (Å²) in [6.45, 7) is 0. The lowest BCUT2D eigenvalue weighted by Crippen LogP contribution is -2.07. The fraction of sp³-hybridized carbons (Fsp3) is 0.222. The molecule has 0 radical (unpaired) electrons. The summed E-state index contributed by atoms with van der Waals surface area (Å²) in [4.78, 5) is 14.6. The summed E-state index contributed by atoms with van der Waals surface area (Å²) in [6.07, 6.45) is -0.969. The van der Waals surface area contributed by atoms with E-state index in [2.05, 4.69) is 9.72 Å². The molecule has 0 spiro atoms. The number of ether oxygens (including phenoxy) is 1. The van der Waals surface area contributed by atoms with E-state index in [4.69, 9.17) is 5.26 Å². The number of nitrogens with zero attached hydrogens (tertiary/aromatic N) is 2. The highest BCUT2D eigenvalue weighted by molar-refractivity contribution is 5.92. The van der Waals surface area contributed by atoms with Crippen LogP contribution in [0.3, 0.4) is 0 Å². The molecule has 0 unspecified atom stereocenters. The summed E-state index contributed by atoms with van der Waals surface area (Å²) >= 11 is 0. The van der Waals surface area contributed by atoms with Crippen LogP contribution in [0.5, 0.6) is 0 Å². The topological polar surface area (TPSA) is 63.0 Å². The molecule has 0 aliphatic rings. The Morgan fingerprint density at radius 3 is 2.73 bits per heavy atom. The summed E-state index contributed by atoms with van der Waals surface area (Å²) in [5, 5.41) is 8.67. The van der Waals surface area contributed by atoms with Gasteiger partial charge in [-0.1, -0.05) is 0 Å². The van der Waals surface area contributed by atoms with E-state index in [-0.39, 0.29) is 5.56 Å². The molecule has 1 aromatic rings. The molecule has 0 N–H and O–H groups in total. The molecule has 0 saturated heterocycles. The number of halogens is 2. The van der Waals surface area contributed by atoms with E-state index in [1.165, 1.54) is 6.07 Å². The van der Waals surface area contributed by atoms with E-state index < -0.39 is 23.5 Å². The third-order valence-corrected chi connectivity index (χ3v) is 1.73. The summed E-state index contributed by atoms with van der Waals surface area (Å²) in [6, 6.07) is 1.54. The molecule has 0 atom stereocenters. The molecule has 6 heteroatoms. The van der Waals surface area contributed by atoms with Crippen LogP contribution in [0.2, 0.25) is 0 Å². The second-order valence-corrected chi connectivity index (χ2v) is 2.56. The fourth-order valence-electron chi connectivity index (χ4n) is 1.03. The van der Waals surface area contributed by atoms with Gasteiger partial charge in [-0.05, 0) is 0 Å². The molecule has 0 aromatic carbocycles. The van der Waals surface area contributed by atoms with Crippen LogP contribution >= 0.6 is 0 Å². The van der Waals surface area contributed by atoms with Crippen LogP contribution in [0.15, 0.2) is 12.4 Å². The third-order valence-electron chi connectivity index (χ3n) is 1.73. The van der Waals surface area contributed by atoms with Gasteiger partial charge in [0, 0.05) is 12.4 Å². The van der Waals surface area contributed by atoms with Crippen molar-refractivity contribution < 1.29 is 18.3 Å². The van der Waals surface area contributed by atoms with Crippen molar-refractivity contribution in [3.05, 3.63) is 29.1 Å². The molecule has 0 amide bonds. The van der Waals surface area contributed by atoms with Crippen LogP contribution in [0, 0.1) is 11.3 Å². The number of carbonyl (C=O) groups excluding carboxylic acids is 1. The van der Waals surface area contributed by atoms with Gasteiger partial charge in [0.2, 0.25) is 0 Å². The first kappa shape index (κ1) is 11.0. The number of methoxy groups -OCH3 is 1. The van der Waals surface area contributed by atoms with Crippen LogP contribution < -0.4 is 0 Å². The number of esters is 1. The lowest BCUT2D eigenvalue weighted by atomic mass is 10.1. The van der Waals surface area contributed by atoms with Crippen molar-refractivity contribution >= 4 is 5.97 Å². The van der Waals surface area contributed by atoms with Crippen molar-refractivity contribution in [3.8, 4) is 6.07 Å². The first-order valence-electron chi connectivity index (χ1n) is 3.86. The van der Waals surface area contributed by atoms with Gasteiger partial charge in [-0.3, -0.25) is 4.98 Å². The Morgan fingerprint density at radius 1 is 1.60 bits per heavy atom. The molecular formula is C9H6F2N2O2. The Kier molecular flexibility index (Phi) is 3.29. The fourth-order valence-corrected chi connectivity index (χ4v) is 1.03.